The number of para-hydroxylation sites is 1. The molecule has 0 aliphatic heterocycles. The molecule has 31 heavy (non-hydrogen) atoms. The summed E-state index contributed by atoms with van der Waals surface area (Å²) in [6, 6.07) is 13.6. The van der Waals surface area contributed by atoms with Gasteiger partial charge in [-0.1, -0.05) is 24.1 Å². The van der Waals surface area contributed by atoms with Gasteiger partial charge in [0.2, 0.25) is 0 Å². The van der Waals surface area contributed by atoms with Gasteiger partial charge in [0.25, 0.3) is 5.91 Å². The van der Waals surface area contributed by atoms with Crippen LogP contribution in [-0.4, -0.2) is 28.5 Å². The number of nitrogens with zero attached hydrogens (tertiary/aromatic N) is 1. The quantitative estimate of drug-likeness (QED) is 0.433. The first kappa shape index (κ1) is 20.7. The molecule has 0 fully saturated rings. The van der Waals surface area contributed by atoms with Crippen LogP contribution in [0.15, 0.2) is 60.2 Å². The fraction of sp³-hybridized carbons (Fsp3) is 0.200. The number of carbonyl (C=O) groups excluding carboxylic acids is 1. The maximum atomic E-state index is 13.0. The fourth-order valence-corrected chi connectivity index (χ4v) is 3.78. The van der Waals surface area contributed by atoms with Crippen LogP contribution in [0.5, 0.6) is 5.75 Å². The Morgan fingerprint density at radius 2 is 2.10 bits per heavy atom. The van der Waals surface area contributed by atoms with Crippen molar-refractivity contribution in [3.63, 3.8) is 0 Å². The number of nitrogens with one attached hydrogen (secondary N) is 2. The first-order chi connectivity index (χ1) is 15.1. The van der Waals surface area contributed by atoms with Gasteiger partial charge in [-0.05, 0) is 56.0 Å². The van der Waals surface area contributed by atoms with Crippen molar-refractivity contribution >= 4 is 28.1 Å². The molecule has 0 aliphatic carbocycles. The molecule has 0 aliphatic rings. The molecule has 5 nitrogen and oxygen atoms in total. The third-order valence-electron chi connectivity index (χ3n) is 4.69. The number of benzene rings is 2. The van der Waals surface area contributed by atoms with Crippen molar-refractivity contribution in [2.45, 2.75) is 26.4 Å². The van der Waals surface area contributed by atoms with E-state index in [1.165, 1.54) is 22.3 Å². The minimum absolute atomic E-state index is 0.0370. The summed E-state index contributed by atoms with van der Waals surface area (Å²) in [4.78, 5) is 20.4. The lowest BCUT2D eigenvalue weighted by molar-refractivity contribution is 0.0948. The summed E-state index contributed by atoms with van der Waals surface area (Å²) in [5.74, 6) is 6.49. The molecule has 2 aromatic heterocycles. The zero-order chi connectivity index (χ0) is 21.6. The van der Waals surface area contributed by atoms with Crippen molar-refractivity contribution in [3.05, 3.63) is 81.9 Å². The number of rotatable bonds is 6. The van der Waals surface area contributed by atoms with E-state index in [0.29, 0.717) is 17.9 Å². The Hall–Kier alpha value is -3.56. The van der Waals surface area contributed by atoms with Crippen LogP contribution >= 0.6 is 11.3 Å². The van der Waals surface area contributed by atoms with E-state index in [1.54, 1.807) is 18.3 Å². The number of aromatic amines is 1. The molecule has 4 rings (SSSR count). The third kappa shape index (κ3) is 5.14. The van der Waals surface area contributed by atoms with Gasteiger partial charge in [0.05, 0.1) is 11.7 Å². The minimum atomic E-state index is -0.173. The zero-order valence-corrected chi connectivity index (χ0v) is 18.3. The van der Waals surface area contributed by atoms with E-state index in [2.05, 4.69) is 33.2 Å². The number of thiazole rings is 1. The number of hydrogen-bond donors (Lipinski definition) is 2. The molecule has 0 spiro atoms. The Labute approximate surface area is 185 Å². The lowest BCUT2D eigenvalue weighted by Crippen LogP contribution is -2.26. The van der Waals surface area contributed by atoms with Crippen molar-refractivity contribution in [1.29, 1.82) is 0 Å². The average molecular weight is 430 g/mol. The van der Waals surface area contributed by atoms with E-state index >= 15 is 0 Å². The highest BCUT2D eigenvalue weighted by Gasteiger charge is 2.15. The lowest BCUT2D eigenvalue weighted by atomic mass is 10.1. The largest absolute Gasteiger partial charge is 0.490 e. The second-order valence-corrected chi connectivity index (χ2v) is 8.22. The lowest BCUT2D eigenvalue weighted by Gasteiger charge is -2.14. The molecule has 156 valence electrons. The summed E-state index contributed by atoms with van der Waals surface area (Å²) in [5, 5.41) is 6.83. The Balaban J connectivity index is 1.49. The molecule has 6 heteroatoms. The second-order valence-electron chi connectivity index (χ2n) is 7.33. The van der Waals surface area contributed by atoms with E-state index in [0.717, 1.165) is 22.5 Å². The number of amides is 1. The zero-order valence-electron chi connectivity index (χ0n) is 17.4. The topological polar surface area (TPSA) is 67.0 Å². The van der Waals surface area contributed by atoms with E-state index in [4.69, 9.17) is 4.74 Å². The number of ether oxygens (including phenoxy) is 1. The Morgan fingerprint density at radius 1 is 1.23 bits per heavy atom. The van der Waals surface area contributed by atoms with E-state index in [-0.39, 0.29) is 12.0 Å². The molecule has 2 N–H and O–H groups in total. The van der Waals surface area contributed by atoms with Gasteiger partial charge < -0.3 is 15.0 Å². The maximum Gasteiger partial charge on any atom is 0.255 e. The fourth-order valence-electron chi connectivity index (χ4n) is 3.30. The van der Waals surface area contributed by atoms with Crippen molar-refractivity contribution in [2.75, 3.05) is 6.54 Å². The Morgan fingerprint density at radius 3 is 2.90 bits per heavy atom. The summed E-state index contributed by atoms with van der Waals surface area (Å²) in [6.07, 6.45) is 4.42. The molecule has 4 aromatic rings. The second kappa shape index (κ2) is 9.50. The van der Waals surface area contributed by atoms with Gasteiger partial charge in [-0.15, -0.1) is 11.3 Å². The standard InChI is InChI=1S/C25H23N3O2S/c1-17(2)30-23-9-7-18(8-10-24-26-13-14-31-24)15-21(23)25(29)27-12-11-19-16-28-22-6-4-3-5-20(19)22/h3-7,9,13-17,28H,11-12H2,1-2H3,(H,27,29). The molecule has 0 bridgehead atoms. The monoisotopic (exact) mass is 429 g/mol. The van der Waals surface area contributed by atoms with Gasteiger partial charge in [0, 0.05) is 40.8 Å². The predicted octanol–water partition coefficient (Wildman–Crippen LogP) is 4.78. The molecule has 0 atom stereocenters. The molecule has 2 heterocycles. The van der Waals surface area contributed by atoms with Crippen LogP contribution in [-0.2, 0) is 6.42 Å². The van der Waals surface area contributed by atoms with Crippen molar-refractivity contribution in [3.8, 4) is 17.6 Å². The summed E-state index contributed by atoms with van der Waals surface area (Å²) in [5.41, 5.74) is 3.51. The smallest absolute Gasteiger partial charge is 0.255 e. The third-order valence-corrected chi connectivity index (χ3v) is 5.38. The molecule has 0 saturated heterocycles. The molecular weight excluding hydrogens is 406 g/mol. The van der Waals surface area contributed by atoms with Crippen molar-refractivity contribution in [1.82, 2.24) is 15.3 Å². The van der Waals surface area contributed by atoms with Gasteiger partial charge in [0.15, 0.2) is 5.01 Å². The number of fused-ring (bicyclic) bond motifs is 1. The van der Waals surface area contributed by atoms with Gasteiger partial charge >= 0.3 is 0 Å². The van der Waals surface area contributed by atoms with Crippen LogP contribution in [0.4, 0.5) is 0 Å². The summed E-state index contributed by atoms with van der Waals surface area (Å²) in [7, 11) is 0. The molecular formula is C25H23N3O2S. The van der Waals surface area contributed by atoms with Gasteiger partial charge in [-0.25, -0.2) is 4.98 Å². The van der Waals surface area contributed by atoms with Crippen LogP contribution in [0.1, 0.15) is 40.3 Å². The first-order valence-corrected chi connectivity index (χ1v) is 11.0. The predicted molar refractivity (Wildman–Crippen MR) is 125 cm³/mol. The van der Waals surface area contributed by atoms with Gasteiger partial charge in [0.1, 0.15) is 5.75 Å². The van der Waals surface area contributed by atoms with Crippen LogP contribution in [0, 0.1) is 11.8 Å². The summed E-state index contributed by atoms with van der Waals surface area (Å²) >= 11 is 1.48. The van der Waals surface area contributed by atoms with Crippen LogP contribution in [0.3, 0.4) is 0 Å². The number of H-pyrrole nitrogens is 1. The maximum absolute atomic E-state index is 13.0. The van der Waals surface area contributed by atoms with Crippen LogP contribution < -0.4 is 10.1 Å². The van der Waals surface area contributed by atoms with Crippen molar-refractivity contribution < 1.29 is 9.53 Å². The highest BCUT2D eigenvalue weighted by atomic mass is 32.1. The highest BCUT2D eigenvalue weighted by Crippen LogP contribution is 2.22. The normalized spacial score (nSPS) is 10.7. The number of aromatic nitrogens is 2. The van der Waals surface area contributed by atoms with E-state index in [1.807, 2.05) is 49.7 Å². The van der Waals surface area contributed by atoms with Crippen LogP contribution in [0.2, 0.25) is 0 Å². The van der Waals surface area contributed by atoms with Gasteiger partial charge in [-0.3, -0.25) is 4.79 Å². The average Bonchev–Trinajstić information content (AvgIpc) is 3.43. The number of hydrogen-bond acceptors (Lipinski definition) is 4. The van der Waals surface area contributed by atoms with E-state index < -0.39 is 0 Å². The molecule has 1 amide bonds. The Kier molecular flexibility index (Phi) is 6.34. The molecule has 0 unspecified atom stereocenters. The van der Waals surface area contributed by atoms with E-state index in [9.17, 15) is 4.79 Å². The molecule has 2 aromatic carbocycles. The van der Waals surface area contributed by atoms with Gasteiger partial charge in [-0.2, -0.15) is 0 Å². The summed E-state index contributed by atoms with van der Waals surface area (Å²) in [6.45, 7) is 4.40. The first-order valence-electron chi connectivity index (χ1n) is 10.2. The minimum Gasteiger partial charge on any atom is -0.490 e. The van der Waals surface area contributed by atoms with Crippen molar-refractivity contribution in [2.24, 2.45) is 0 Å². The Bertz CT molecular complexity index is 1250. The molecule has 0 radical (unpaired) electrons. The number of carbonyl (C=O) groups is 1. The summed E-state index contributed by atoms with van der Waals surface area (Å²) < 4.78 is 5.86. The van der Waals surface area contributed by atoms with Crippen LogP contribution in [0.25, 0.3) is 10.9 Å². The SMILES string of the molecule is CC(C)Oc1ccc(C#Cc2nccs2)cc1C(=O)NCCc1c[nH]c2ccccc12. The molecule has 0 saturated carbocycles. The highest BCUT2D eigenvalue weighted by molar-refractivity contribution is 7.10.